The first-order chi connectivity index (χ1) is 8.02. The van der Waals surface area contributed by atoms with E-state index < -0.39 is 18.4 Å². The SMILES string of the molecule is CCCC1(C(=O)N(C)CC(F)F)CCNCC1. The van der Waals surface area contributed by atoms with Crippen LogP contribution in [0.15, 0.2) is 0 Å². The summed E-state index contributed by atoms with van der Waals surface area (Å²) in [4.78, 5) is 13.5. The van der Waals surface area contributed by atoms with Crippen molar-refractivity contribution < 1.29 is 13.6 Å². The molecule has 0 bridgehead atoms. The van der Waals surface area contributed by atoms with Gasteiger partial charge in [0.15, 0.2) is 0 Å². The summed E-state index contributed by atoms with van der Waals surface area (Å²) in [6, 6.07) is 0. The zero-order chi connectivity index (χ0) is 12.9. The molecule has 5 heteroatoms. The lowest BCUT2D eigenvalue weighted by molar-refractivity contribution is -0.144. The van der Waals surface area contributed by atoms with E-state index in [4.69, 9.17) is 0 Å². The number of rotatable bonds is 5. The molecule has 1 saturated heterocycles. The number of alkyl halides is 2. The average Bonchev–Trinajstić information content (AvgIpc) is 2.28. The Morgan fingerprint density at radius 1 is 1.41 bits per heavy atom. The van der Waals surface area contributed by atoms with Crippen LogP contribution in [-0.2, 0) is 4.79 Å². The van der Waals surface area contributed by atoms with Crippen LogP contribution >= 0.6 is 0 Å². The molecule has 1 heterocycles. The fraction of sp³-hybridized carbons (Fsp3) is 0.917. The van der Waals surface area contributed by atoms with Crippen LogP contribution in [-0.4, -0.2) is 43.9 Å². The van der Waals surface area contributed by atoms with Gasteiger partial charge in [-0.2, -0.15) is 0 Å². The van der Waals surface area contributed by atoms with Gasteiger partial charge in [-0.15, -0.1) is 0 Å². The van der Waals surface area contributed by atoms with Crippen LogP contribution in [0.5, 0.6) is 0 Å². The van der Waals surface area contributed by atoms with Crippen LogP contribution in [0.2, 0.25) is 0 Å². The van der Waals surface area contributed by atoms with Gasteiger partial charge in [0.2, 0.25) is 5.91 Å². The van der Waals surface area contributed by atoms with Crippen molar-refractivity contribution in [3.63, 3.8) is 0 Å². The number of carbonyl (C=O) groups is 1. The number of hydrogen-bond donors (Lipinski definition) is 1. The van der Waals surface area contributed by atoms with Crippen molar-refractivity contribution in [3.05, 3.63) is 0 Å². The van der Waals surface area contributed by atoms with Crippen molar-refractivity contribution in [2.75, 3.05) is 26.7 Å². The van der Waals surface area contributed by atoms with Gasteiger partial charge in [0.25, 0.3) is 6.43 Å². The predicted molar refractivity (Wildman–Crippen MR) is 63.1 cm³/mol. The van der Waals surface area contributed by atoms with Crippen LogP contribution in [0.25, 0.3) is 0 Å². The second-order valence-electron chi connectivity index (χ2n) is 4.86. The topological polar surface area (TPSA) is 32.3 Å². The Hall–Kier alpha value is -0.710. The molecule has 0 saturated carbocycles. The Balaban J connectivity index is 2.71. The van der Waals surface area contributed by atoms with Crippen LogP contribution < -0.4 is 5.32 Å². The maximum atomic E-state index is 12.3. The Morgan fingerprint density at radius 3 is 2.47 bits per heavy atom. The van der Waals surface area contributed by atoms with Gasteiger partial charge in [-0.05, 0) is 32.4 Å². The summed E-state index contributed by atoms with van der Waals surface area (Å²) >= 11 is 0. The molecule has 1 aliphatic heterocycles. The standard InChI is InChI=1S/C12H22F2N2O/c1-3-4-12(5-7-15-8-6-12)11(17)16(2)9-10(13)14/h10,15H,3-9H2,1-2H3. The molecule has 0 radical (unpaired) electrons. The molecule has 1 amide bonds. The molecule has 17 heavy (non-hydrogen) atoms. The second kappa shape index (κ2) is 6.28. The van der Waals surface area contributed by atoms with Gasteiger partial charge in [0.05, 0.1) is 12.0 Å². The third-order valence-corrected chi connectivity index (χ3v) is 3.50. The van der Waals surface area contributed by atoms with Gasteiger partial charge in [0, 0.05) is 7.05 Å². The molecule has 0 aromatic rings. The lowest BCUT2D eigenvalue weighted by atomic mass is 9.74. The minimum Gasteiger partial charge on any atom is -0.340 e. The summed E-state index contributed by atoms with van der Waals surface area (Å²) in [5, 5.41) is 3.21. The number of nitrogens with zero attached hydrogens (tertiary/aromatic N) is 1. The van der Waals surface area contributed by atoms with Crippen LogP contribution in [0.3, 0.4) is 0 Å². The minimum atomic E-state index is -2.45. The van der Waals surface area contributed by atoms with Gasteiger partial charge in [-0.25, -0.2) is 8.78 Å². The maximum absolute atomic E-state index is 12.3. The highest BCUT2D eigenvalue weighted by atomic mass is 19.3. The van der Waals surface area contributed by atoms with Crippen molar-refractivity contribution >= 4 is 5.91 Å². The molecule has 0 aliphatic carbocycles. The predicted octanol–water partition coefficient (Wildman–Crippen LogP) is 1.88. The van der Waals surface area contributed by atoms with E-state index in [1.807, 2.05) is 6.92 Å². The lowest BCUT2D eigenvalue weighted by Crippen LogP contribution is -2.49. The van der Waals surface area contributed by atoms with E-state index in [0.717, 1.165) is 38.8 Å². The molecule has 1 N–H and O–H groups in total. The summed E-state index contributed by atoms with van der Waals surface area (Å²) in [5.74, 6) is -0.110. The molecule has 1 aliphatic rings. The Labute approximate surface area is 102 Å². The van der Waals surface area contributed by atoms with Crippen LogP contribution in [0.1, 0.15) is 32.6 Å². The smallest absolute Gasteiger partial charge is 0.255 e. The van der Waals surface area contributed by atoms with Crippen molar-refractivity contribution in [1.82, 2.24) is 10.2 Å². The summed E-state index contributed by atoms with van der Waals surface area (Å²) in [5.41, 5.74) is -0.413. The summed E-state index contributed by atoms with van der Waals surface area (Å²) in [6.07, 6.45) is 0.764. The van der Waals surface area contributed by atoms with Crippen molar-refractivity contribution in [1.29, 1.82) is 0 Å². The fourth-order valence-corrected chi connectivity index (χ4v) is 2.65. The molecule has 3 nitrogen and oxygen atoms in total. The molecule has 0 atom stereocenters. The molecule has 0 aromatic carbocycles. The van der Waals surface area contributed by atoms with Crippen LogP contribution in [0.4, 0.5) is 8.78 Å². The molecule has 0 aromatic heterocycles. The Bertz CT molecular complexity index is 247. The number of halogens is 2. The van der Waals surface area contributed by atoms with E-state index in [1.165, 1.54) is 11.9 Å². The van der Waals surface area contributed by atoms with E-state index in [2.05, 4.69) is 5.32 Å². The second-order valence-corrected chi connectivity index (χ2v) is 4.86. The van der Waals surface area contributed by atoms with Gasteiger partial charge in [-0.1, -0.05) is 13.3 Å². The van der Waals surface area contributed by atoms with Gasteiger partial charge < -0.3 is 10.2 Å². The molecule has 0 unspecified atom stereocenters. The molecule has 0 spiro atoms. The highest BCUT2D eigenvalue weighted by Gasteiger charge is 2.40. The van der Waals surface area contributed by atoms with Crippen LogP contribution in [0, 0.1) is 5.41 Å². The van der Waals surface area contributed by atoms with E-state index in [9.17, 15) is 13.6 Å². The molecular formula is C12H22F2N2O. The number of carbonyl (C=O) groups excluding carboxylic acids is 1. The van der Waals surface area contributed by atoms with E-state index >= 15 is 0 Å². The van der Waals surface area contributed by atoms with E-state index in [-0.39, 0.29) is 5.91 Å². The van der Waals surface area contributed by atoms with Gasteiger partial charge >= 0.3 is 0 Å². The highest BCUT2D eigenvalue weighted by Crippen LogP contribution is 2.35. The Kier molecular flexibility index (Phi) is 5.31. The summed E-state index contributed by atoms with van der Waals surface area (Å²) in [7, 11) is 1.48. The monoisotopic (exact) mass is 248 g/mol. The molecular weight excluding hydrogens is 226 g/mol. The Morgan fingerprint density at radius 2 is 2.00 bits per heavy atom. The van der Waals surface area contributed by atoms with Crippen molar-refractivity contribution in [2.45, 2.75) is 39.0 Å². The zero-order valence-electron chi connectivity index (χ0n) is 10.6. The third-order valence-electron chi connectivity index (χ3n) is 3.50. The first kappa shape index (κ1) is 14.4. The normalized spacial score (nSPS) is 19.4. The quantitative estimate of drug-likeness (QED) is 0.805. The molecule has 100 valence electrons. The highest BCUT2D eigenvalue weighted by molar-refractivity contribution is 5.82. The van der Waals surface area contributed by atoms with Gasteiger partial charge in [0.1, 0.15) is 0 Å². The van der Waals surface area contributed by atoms with Crippen molar-refractivity contribution in [3.8, 4) is 0 Å². The van der Waals surface area contributed by atoms with E-state index in [1.54, 1.807) is 0 Å². The molecule has 1 fully saturated rings. The first-order valence-corrected chi connectivity index (χ1v) is 6.26. The lowest BCUT2D eigenvalue weighted by Gasteiger charge is -2.39. The number of piperidine rings is 1. The van der Waals surface area contributed by atoms with Gasteiger partial charge in [-0.3, -0.25) is 4.79 Å². The number of hydrogen-bond acceptors (Lipinski definition) is 2. The third kappa shape index (κ3) is 3.63. The summed E-state index contributed by atoms with van der Waals surface area (Å²) in [6.45, 7) is 3.17. The van der Waals surface area contributed by atoms with Crippen molar-refractivity contribution in [2.24, 2.45) is 5.41 Å². The molecule has 1 rings (SSSR count). The first-order valence-electron chi connectivity index (χ1n) is 6.26. The zero-order valence-corrected chi connectivity index (χ0v) is 10.6. The average molecular weight is 248 g/mol. The maximum Gasteiger partial charge on any atom is 0.255 e. The minimum absolute atomic E-state index is 0.110. The summed E-state index contributed by atoms with van der Waals surface area (Å²) < 4.78 is 24.6. The number of amides is 1. The largest absolute Gasteiger partial charge is 0.340 e. The fourth-order valence-electron chi connectivity index (χ4n) is 2.65. The number of nitrogens with one attached hydrogen (secondary N) is 1. The van der Waals surface area contributed by atoms with E-state index in [0.29, 0.717) is 0 Å².